The lowest BCUT2D eigenvalue weighted by Gasteiger charge is -1.94. The van der Waals surface area contributed by atoms with E-state index in [0.29, 0.717) is 0 Å². The Hall–Kier alpha value is -0.100. The Bertz CT molecular complexity index is 251. The van der Waals surface area contributed by atoms with Crippen molar-refractivity contribution < 1.29 is 16.8 Å². The molecular weight excluding hydrogens is 176 g/mol. The molecule has 0 bridgehead atoms. The van der Waals surface area contributed by atoms with Crippen LogP contribution in [0.2, 0.25) is 0 Å². The van der Waals surface area contributed by atoms with Gasteiger partial charge in [-0.15, -0.1) is 0 Å². The van der Waals surface area contributed by atoms with Crippen LogP contribution in [-0.4, -0.2) is 34.6 Å². The molecule has 0 aliphatic heterocycles. The van der Waals surface area contributed by atoms with E-state index < -0.39 is 25.4 Å². The Morgan fingerprint density at radius 3 is 1.60 bits per heavy atom. The maximum absolute atomic E-state index is 10.4. The average molecular weight is 185 g/mol. The first-order chi connectivity index (χ1) is 4.21. The molecule has 0 aromatic carbocycles. The van der Waals surface area contributed by atoms with Crippen molar-refractivity contribution in [1.82, 2.24) is 0 Å². The summed E-state index contributed by atoms with van der Waals surface area (Å²) in [6, 6.07) is 0. The number of hydrogen-bond acceptors (Lipinski definition) is 4. The summed E-state index contributed by atoms with van der Waals surface area (Å²) in [6.07, 6.45) is 3.77. The topological polar surface area (TPSA) is 68.3 Å². The molecule has 0 saturated heterocycles. The summed E-state index contributed by atoms with van der Waals surface area (Å²) in [5, 5.41) is 0. The van der Waals surface area contributed by atoms with Crippen LogP contribution in [-0.2, 0) is 19.7 Å². The van der Waals surface area contributed by atoms with E-state index in [1.54, 1.807) is 0 Å². The molecular formula is C4H9O4S2. The summed E-state index contributed by atoms with van der Waals surface area (Å²) in [5.41, 5.74) is 0. The molecule has 0 unspecified atom stereocenters. The summed E-state index contributed by atoms with van der Waals surface area (Å²) < 4.78 is 41.4. The van der Waals surface area contributed by atoms with Crippen LogP contribution in [0.5, 0.6) is 0 Å². The minimum absolute atomic E-state index is 0.348. The Kier molecular flexibility index (Phi) is 2.85. The molecule has 10 heavy (non-hydrogen) atoms. The minimum Gasteiger partial charge on any atom is -0.229 e. The Morgan fingerprint density at radius 2 is 1.50 bits per heavy atom. The molecule has 0 rings (SSSR count). The van der Waals surface area contributed by atoms with Gasteiger partial charge in [0.2, 0.25) is 0 Å². The Labute approximate surface area is 61.1 Å². The molecule has 0 saturated carbocycles. The van der Waals surface area contributed by atoms with Crippen molar-refractivity contribution in [2.24, 2.45) is 0 Å². The predicted octanol–water partition coefficient (Wildman–Crippen LogP) is -0.763. The zero-order valence-electron chi connectivity index (χ0n) is 5.57. The van der Waals surface area contributed by atoms with Gasteiger partial charge in [0.25, 0.3) is 0 Å². The second-order valence-electron chi connectivity index (χ2n) is 2.08. The monoisotopic (exact) mass is 185 g/mol. The normalized spacial score (nSPS) is 13.4. The highest BCUT2D eigenvalue weighted by atomic mass is 32.2. The molecule has 0 heterocycles. The molecule has 61 valence electrons. The van der Waals surface area contributed by atoms with Gasteiger partial charge in [0.15, 0.2) is 9.84 Å². The lowest BCUT2D eigenvalue weighted by atomic mass is 11.0. The van der Waals surface area contributed by atoms with E-state index in [1.165, 1.54) is 0 Å². The smallest absolute Gasteiger partial charge is 0.152 e. The van der Waals surface area contributed by atoms with Crippen LogP contribution in [0.3, 0.4) is 0 Å². The van der Waals surface area contributed by atoms with E-state index in [0.717, 1.165) is 6.26 Å². The molecule has 0 fully saturated rings. The lowest BCUT2D eigenvalue weighted by Crippen LogP contribution is -2.13. The molecule has 0 aliphatic rings. The molecule has 0 atom stereocenters. The van der Waals surface area contributed by atoms with Crippen molar-refractivity contribution in [2.75, 3.05) is 17.8 Å². The van der Waals surface area contributed by atoms with Crippen LogP contribution in [0.4, 0.5) is 0 Å². The fourth-order valence-corrected chi connectivity index (χ4v) is 2.51. The predicted molar refractivity (Wildman–Crippen MR) is 38.9 cm³/mol. The summed E-state index contributed by atoms with van der Waals surface area (Å²) in [4.78, 5) is 0. The average Bonchev–Trinajstić information content (AvgIpc) is 1.57. The summed E-state index contributed by atoms with van der Waals surface area (Å²) in [7, 11) is -6.56. The maximum atomic E-state index is 10.4. The van der Waals surface area contributed by atoms with Gasteiger partial charge in [-0.2, -0.15) is 0 Å². The van der Waals surface area contributed by atoms with Crippen molar-refractivity contribution in [1.29, 1.82) is 0 Å². The second kappa shape index (κ2) is 2.87. The van der Waals surface area contributed by atoms with E-state index >= 15 is 0 Å². The molecule has 0 aliphatic carbocycles. The van der Waals surface area contributed by atoms with Gasteiger partial charge >= 0.3 is 0 Å². The van der Waals surface area contributed by atoms with Gasteiger partial charge in [0, 0.05) is 6.26 Å². The summed E-state index contributed by atoms with van der Waals surface area (Å²) in [5.74, 6) is -0.745. The zero-order valence-corrected chi connectivity index (χ0v) is 7.20. The van der Waals surface area contributed by atoms with Gasteiger partial charge in [0.1, 0.15) is 9.84 Å². The Morgan fingerprint density at radius 1 is 1.10 bits per heavy atom. The van der Waals surface area contributed by atoms with E-state index in [1.807, 2.05) is 0 Å². The zero-order chi connectivity index (χ0) is 8.41. The molecule has 0 aromatic heterocycles. The summed E-state index contributed by atoms with van der Waals surface area (Å²) >= 11 is 0. The molecule has 1 radical (unpaired) electrons. The van der Waals surface area contributed by atoms with Crippen molar-refractivity contribution in [3.63, 3.8) is 0 Å². The van der Waals surface area contributed by atoms with Crippen LogP contribution in [0, 0.1) is 6.26 Å². The third kappa shape index (κ3) is 7.90. The van der Waals surface area contributed by atoms with Gasteiger partial charge in [-0.3, -0.25) is 0 Å². The van der Waals surface area contributed by atoms with Gasteiger partial charge in [0.05, 0.1) is 17.8 Å². The number of rotatable bonds is 3. The molecule has 4 nitrogen and oxygen atoms in total. The quantitative estimate of drug-likeness (QED) is 0.579. The largest absolute Gasteiger partial charge is 0.229 e. The van der Waals surface area contributed by atoms with Crippen LogP contribution in [0.15, 0.2) is 0 Å². The van der Waals surface area contributed by atoms with Gasteiger partial charge in [-0.1, -0.05) is 0 Å². The van der Waals surface area contributed by atoms with Crippen molar-refractivity contribution in [2.45, 2.75) is 0 Å². The SMILES string of the molecule is [CH2]S(=O)(=O)CCS(C)(=O)=O. The number of sulfone groups is 2. The van der Waals surface area contributed by atoms with Crippen molar-refractivity contribution in [3.05, 3.63) is 6.26 Å². The van der Waals surface area contributed by atoms with Gasteiger partial charge in [-0.25, -0.2) is 16.8 Å². The van der Waals surface area contributed by atoms with Crippen molar-refractivity contribution in [3.8, 4) is 0 Å². The molecule has 0 aromatic rings. The number of hydrogen-bond donors (Lipinski definition) is 0. The molecule has 0 spiro atoms. The molecule has 0 amide bonds. The van der Waals surface area contributed by atoms with Crippen LogP contribution in [0.25, 0.3) is 0 Å². The van der Waals surface area contributed by atoms with E-state index in [4.69, 9.17) is 0 Å². The Balaban J connectivity index is 4.05. The van der Waals surface area contributed by atoms with Crippen LogP contribution >= 0.6 is 0 Å². The maximum Gasteiger partial charge on any atom is 0.152 e. The van der Waals surface area contributed by atoms with E-state index in [2.05, 4.69) is 6.26 Å². The van der Waals surface area contributed by atoms with E-state index in [9.17, 15) is 16.8 Å². The second-order valence-corrected chi connectivity index (χ2v) is 6.23. The van der Waals surface area contributed by atoms with Gasteiger partial charge < -0.3 is 0 Å². The molecule has 0 N–H and O–H groups in total. The fourth-order valence-electron chi connectivity index (χ4n) is 0.278. The van der Waals surface area contributed by atoms with Gasteiger partial charge in [-0.05, 0) is 0 Å². The summed E-state index contributed by atoms with van der Waals surface area (Å²) in [6.45, 7) is 0. The third-order valence-electron chi connectivity index (χ3n) is 0.765. The third-order valence-corrected chi connectivity index (χ3v) is 2.80. The highest BCUT2D eigenvalue weighted by Gasteiger charge is 2.08. The first-order valence-electron chi connectivity index (χ1n) is 2.44. The first-order valence-corrected chi connectivity index (χ1v) is 6.32. The highest BCUT2D eigenvalue weighted by Crippen LogP contribution is 1.89. The van der Waals surface area contributed by atoms with E-state index in [-0.39, 0.29) is 5.75 Å². The minimum atomic E-state index is -3.39. The highest BCUT2D eigenvalue weighted by molar-refractivity contribution is 7.95. The first kappa shape index (κ1) is 9.90. The lowest BCUT2D eigenvalue weighted by molar-refractivity contribution is 0.595. The molecule has 6 heteroatoms. The standard InChI is InChI=1S/C4H9O4S2/c1-9(5,6)3-4-10(2,7)8/h1,3-4H2,2H3. The fraction of sp³-hybridized carbons (Fsp3) is 0.750. The van der Waals surface area contributed by atoms with Crippen LogP contribution in [0.1, 0.15) is 0 Å². The van der Waals surface area contributed by atoms with Crippen LogP contribution < -0.4 is 0 Å². The van der Waals surface area contributed by atoms with Crippen molar-refractivity contribution >= 4 is 19.7 Å².